The van der Waals surface area contributed by atoms with Gasteiger partial charge in [-0.15, -0.1) is 0 Å². The SMILES string of the molecule is Cc1ccc(C)c(C(=O)NC(CN)C2CCCCC2)c1.O=C(O)C(F)(F)F. The van der Waals surface area contributed by atoms with Crippen LogP contribution in [-0.2, 0) is 4.79 Å². The summed E-state index contributed by atoms with van der Waals surface area (Å²) in [5.41, 5.74) is 8.79. The zero-order chi connectivity index (χ0) is 20.6. The van der Waals surface area contributed by atoms with Gasteiger partial charge < -0.3 is 16.2 Å². The van der Waals surface area contributed by atoms with Crippen molar-refractivity contribution >= 4 is 11.9 Å². The lowest BCUT2D eigenvalue weighted by molar-refractivity contribution is -0.192. The van der Waals surface area contributed by atoms with Gasteiger partial charge in [0.25, 0.3) is 5.91 Å². The fourth-order valence-electron chi connectivity index (χ4n) is 3.13. The number of nitrogens with two attached hydrogens (primary N) is 1. The Morgan fingerprint density at radius 2 is 1.78 bits per heavy atom. The monoisotopic (exact) mass is 388 g/mol. The van der Waals surface area contributed by atoms with Gasteiger partial charge in [0.15, 0.2) is 0 Å². The third kappa shape index (κ3) is 7.58. The molecule has 2 rings (SSSR count). The highest BCUT2D eigenvalue weighted by molar-refractivity contribution is 5.96. The topological polar surface area (TPSA) is 92.4 Å². The van der Waals surface area contributed by atoms with E-state index in [1.165, 1.54) is 32.1 Å². The fraction of sp³-hybridized carbons (Fsp3) is 0.579. The van der Waals surface area contributed by atoms with Gasteiger partial charge in [-0.25, -0.2) is 4.79 Å². The molecule has 0 saturated heterocycles. The molecule has 1 aliphatic rings. The smallest absolute Gasteiger partial charge is 0.475 e. The normalized spacial score (nSPS) is 16.1. The van der Waals surface area contributed by atoms with Crippen LogP contribution in [0.1, 0.15) is 53.6 Å². The molecule has 8 heteroatoms. The average molecular weight is 388 g/mol. The van der Waals surface area contributed by atoms with E-state index in [9.17, 15) is 18.0 Å². The van der Waals surface area contributed by atoms with Gasteiger partial charge in [0.1, 0.15) is 0 Å². The maximum atomic E-state index is 12.5. The quantitative estimate of drug-likeness (QED) is 0.735. The Hall–Kier alpha value is -2.09. The van der Waals surface area contributed by atoms with Crippen LogP contribution in [0, 0.1) is 19.8 Å². The predicted octanol–water partition coefficient (Wildman–Crippen LogP) is 3.57. The van der Waals surface area contributed by atoms with E-state index in [0.717, 1.165) is 16.7 Å². The first-order valence-electron chi connectivity index (χ1n) is 8.94. The Morgan fingerprint density at radius 1 is 1.22 bits per heavy atom. The largest absolute Gasteiger partial charge is 0.490 e. The van der Waals surface area contributed by atoms with Crippen molar-refractivity contribution in [2.45, 2.75) is 58.2 Å². The number of hydrogen-bond donors (Lipinski definition) is 3. The molecule has 1 aromatic rings. The summed E-state index contributed by atoms with van der Waals surface area (Å²) in [5, 5.41) is 10.3. The van der Waals surface area contributed by atoms with E-state index in [4.69, 9.17) is 15.6 Å². The summed E-state index contributed by atoms with van der Waals surface area (Å²) >= 11 is 0. The molecule has 5 nitrogen and oxygen atoms in total. The van der Waals surface area contributed by atoms with Crippen LogP contribution in [0.15, 0.2) is 18.2 Å². The average Bonchev–Trinajstić information content (AvgIpc) is 2.62. The van der Waals surface area contributed by atoms with Crippen LogP contribution in [-0.4, -0.2) is 35.7 Å². The Bertz CT molecular complexity index is 642. The van der Waals surface area contributed by atoms with Crippen molar-refractivity contribution in [1.29, 1.82) is 0 Å². The lowest BCUT2D eigenvalue weighted by Gasteiger charge is -2.30. The molecule has 1 saturated carbocycles. The number of alkyl halides is 3. The Labute approximate surface area is 157 Å². The van der Waals surface area contributed by atoms with Crippen LogP contribution in [0.2, 0.25) is 0 Å². The molecule has 1 unspecified atom stereocenters. The summed E-state index contributed by atoms with van der Waals surface area (Å²) in [4.78, 5) is 21.4. The number of carbonyl (C=O) groups excluding carboxylic acids is 1. The molecule has 4 N–H and O–H groups in total. The van der Waals surface area contributed by atoms with Crippen molar-refractivity contribution in [3.63, 3.8) is 0 Å². The third-order valence-corrected chi connectivity index (χ3v) is 4.67. The van der Waals surface area contributed by atoms with Crippen LogP contribution < -0.4 is 11.1 Å². The van der Waals surface area contributed by atoms with Gasteiger partial charge in [0.05, 0.1) is 0 Å². The van der Waals surface area contributed by atoms with Crippen molar-refractivity contribution in [2.24, 2.45) is 11.7 Å². The second-order valence-electron chi connectivity index (χ2n) is 6.84. The minimum absolute atomic E-state index is 0.0206. The molecular weight excluding hydrogens is 361 g/mol. The number of aryl methyl sites for hydroxylation is 2. The molecule has 1 aliphatic carbocycles. The van der Waals surface area contributed by atoms with E-state index in [0.29, 0.717) is 12.5 Å². The number of carboxylic acid groups (broad SMARTS) is 1. The summed E-state index contributed by atoms with van der Waals surface area (Å²) < 4.78 is 31.7. The number of aliphatic carboxylic acids is 1. The molecule has 0 aliphatic heterocycles. The molecule has 1 fully saturated rings. The number of amides is 1. The van der Waals surface area contributed by atoms with Gasteiger partial charge in [-0.05, 0) is 44.2 Å². The van der Waals surface area contributed by atoms with E-state index in [1.807, 2.05) is 32.0 Å². The molecule has 0 heterocycles. The zero-order valence-corrected chi connectivity index (χ0v) is 15.6. The number of nitrogens with one attached hydrogen (secondary N) is 1. The number of halogens is 3. The van der Waals surface area contributed by atoms with Gasteiger partial charge in [0.2, 0.25) is 0 Å². The molecule has 0 radical (unpaired) electrons. The highest BCUT2D eigenvalue weighted by Gasteiger charge is 2.38. The lowest BCUT2D eigenvalue weighted by Crippen LogP contribution is -2.46. The maximum absolute atomic E-state index is 12.5. The van der Waals surface area contributed by atoms with Crippen molar-refractivity contribution < 1.29 is 27.9 Å². The van der Waals surface area contributed by atoms with Gasteiger partial charge >= 0.3 is 12.1 Å². The Kier molecular flexibility index (Phi) is 8.75. The first kappa shape index (κ1) is 23.0. The van der Waals surface area contributed by atoms with Gasteiger partial charge in [-0.3, -0.25) is 4.79 Å². The third-order valence-electron chi connectivity index (χ3n) is 4.67. The molecular formula is C19H27F3N2O3. The van der Waals surface area contributed by atoms with E-state index in [-0.39, 0.29) is 11.9 Å². The summed E-state index contributed by atoms with van der Waals surface area (Å²) in [6.45, 7) is 4.52. The molecule has 27 heavy (non-hydrogen) atoms. The van der Waals surface area contributed by atoms with Crippen molar-refractivity contribution in [3.05, 3.63) is 34.9 Å². The van der Waals surface area contributed by atoms with E-state index < -0.39 is 12.1 Å². The van der Waals surface area contributed by atoms with Gasteiger partial charge in [-0.1, -0.05) is 37.0 Å². The number of hydrogen-bond acceptors (Lipinski definition) is 3. The molecule has 1 aromatic carbocycles. The van der Waals surface area contributed by atoms with E-state index in [1.54, 1.807) is 0 Å². The first-order valence-corrected chi connectivity index (χ1v) is 8.94. The highest BCUT2D eigenvalue weighted by atomic mass is 19.4. The Balaban J connectivity index is 0.000000445. The summed E-state index contributed by atoms with van der Waals surface area (Å²) in [7, 11) is 0. The number of rotatable bonds is 4. The van der Waals surface area contributed by atoms with E-state index >= 15 is 0 Å². The second-order valence-corrected chi connectivity index (χ2v) is 6.84. The highest BCUT2D eigenvalue weighted by Crippen LogP contribution is 2.26. The summed E-state index contributed by atoms with van der Waals surface area (Å²) in [6, 6.07) is 6.11. The van der Waals surface area contributed by atoms with Crippen molar-refractivity contribution in [3.8, 4) is 0 Å². The molecule has 0 bridgehead atoms. The predicted molar refractivity (Wildman–Crippen MR) is 96.5 cm³/mol. The van der Waals surface area contributed by atoms with Gasteiger partial charge in [-0.2, -0.15) is 13.2 Å². The number of carbonyl (C=O) groups is 2. The molecule has 1 atom stereocenters. The zero-order valence-electron chi connectivity index (χ0n) is 15.6. The van der Waals surface area contributed by atoms with Crippen LogP contribution in [0.3, 0.4) is 0 Å². The first-order chi connectivity index (χ1) is 12.6. The molecule has 152 valence electrons. The lowest BCUT2D eigenvalue weighted by atomic mass is 9.83. The number of carboxylic acids is 1. The molecule has 0 spiro atoms. The van der Waals surface area contributed by atoms with E-state index in [2.05, 4.69) is 5.32 Å². The second kappa shape index (κ2) is 10.3. The maximum Gasteiger partial charge on any atom is 0.490 e. The van der Waals surface area contributed by atoms with Crippen molar-refractivity contribution in [2.75, 3.05) is 6.54 Å². The van der Waals surface area contributed by atoms with Crippen LogP contribution in [0.4, 0.5) is 13.2 Å². The van der Waals surface area contributed by atoms with Crippen molar-refractivity contribution in [1.82, 2.24) is 5.32 Å². The van der Waals surface area contributed by atoms with Crippen LogP contribution >= 0.6 is 0 Å². The van der Waals surface area contributed by atoms with Crippen LogP contribution in [0.25, 0.3) is 0 Å². The summed E-state index contributed by atoms with van der Waals surface area (Å²) in [5.74, 6) is -2.19. The minimum Gasteiger partial charge on any atom is -0.475 e. The molecule has 0 aromatic heterocycles. The molecule has 1 amide bonds. The standard InChI is InChI=1S/C17H26N2O.C2HF3O2/c1-12-8-9-13(2)15(10-12)17(20)19-16(11-18)14-6-4-3-5-7-14;3-2(4,5)1(6)7/h8-10,14,16H,3-7,11,18H2,1-2H3,(H,19,20);(H,6,7). The number of benzene rings is 1. The van der Waals surface area contributed by atoms with Crippen LogP contribution in [0.5, 0.6) is 0 Å². The summed E-state index contributed by atoms with van der Waals surface area (Å²) in [6.07, 6.45) is 1.14. The van der Waals surface area contributed by atoms with Gasteiger partial charge in [0, 0.05) is 18.2 Å². The minimum atomic E-state index is -5.08. The Morgan fingerprint density at radius 3 is 2.26 bits per heavy atom. The fourth-order valence-corrected chi connectivity index (χ4v) is 3.13.